The summed E-state index contributed by atoms with van der Waals surface area (Å²) in [7, 11) is 1.20. The Morgan fingerprint density at radius 3 is 2.12 bits per heavy atom. The lowest BCUT2D eigenvalue weighted by Gasteiger charge is -2.23. The summed E-state index contributed by atoms with van der Waals surface area (Å²) < 4.78 is 43.6. The number of aliphatic imine (C=N–C) groups is 2. The molecule has 0 aliphatic heterocycles. The number of nitrogens with two attached hydrogens (primary N) is 4. The number of primary amides is 1. The number of carbonyl (C=O) groups excluding carboxylic acids is 4. The monoisotopic (exact) mass is 615 g/mol. The van der Waals surface area contributed by atoms with Gasteiger partial charge >= 0.3 is 18.1 Å². The van der Waals surface area contributed by atoms with Crippen molar-refractivity contribution in [1.29, 1.82) is 5.41 Å². The predicted molar refractivity (Wildman–Crippen MR) is 145 cm³/mol. The molecule has 16 nitrogen and oxygen atoms in total. The number of amides is 3. The number of ether oxygens (including phenoxy) is 1. The van der Waals surface area contributed by atoms with Gasteiger partial charge in [-0.25, -0.2) is 9.79 Å². The van der Waals surface area contributed by atoms with Crippen LogP contribution in [0.4, 0.5) is 13.2 Å². The molecule has 1 rings (SSSR count). The Morgan fingerprint density at radius 2 is 1.65 bits per heavy atom. The number of hydrogen-bond donors (Lipinski definition) is 8. The Morgan fingerprint density at radius 1 is 1.05 bits per heavy atom. The fourth-order valence-electron chi connectivity index (χ4n) is 3.44. The van der Waals surface area contributed by atoms with Gasteiger partial charge in [0.25, 0.3) is 0 Å². The molecule has 0 aromatic heterocycles. The van der Waals surface area contributed by atoms with Crippen molar-refractivity contribution in [3.05, 3.63) is 35.4 Å². The molecule has 43 heavy (non-hydrogen) atoms. The van der Waals surface area contributed by atoms with E-state index in [-0.39, 0.29) is 37.6 Å². The molecule has 3 amide bonds. The maximum absolute atomic E-state index is 13.2. The summed E-state index contributed by atoms with van der Waals surface area (Å²) >= 11 is 0. The molecule has 1 aromatic carbocycles. The number of carbonyl (C=O) groups is 5. The second-order valence-electron chi connectivity index (χ2n) is 8.86. The van der Waals surface area contributed by atoms with E-state index >= 15 is 0 Å². The van der Waals surface area contributed by atoms with Gasteiger partial charge in [-0.05, 0) is 24.8 Å². The largest absolute Gasteiger partial charge is 0.491 e. The number of esters is 1. The van der Waals surface area contributed by atoms with Crippen molar-refractivity contribution in [2.24, 2.45) is 38.8 Å². The lowest BCUT2D eigenvalue weighted by Crippen LogP contribution is -2.50. The standard InChI is InChI=1S/C24H32F3N9O7/c1-33-19(40)13(9-11-4-6-12(7-5-11)17(28)29)20(41)35-15(10-16(37)38)21(43-22(42)24(25,26)27)36-14(18(30)39)3-2-8-34-23(31)32/h4-7,13-15H,2-3,8-10H2,1H3,(H3,28,29)(H2,30,39)(H,33,40)(H,35,41)(H,37,38)(H4,31,32,34)/t13?,14-,15-/m0/s1. The lowest BCUT2D eigenvalue weighted by molar-refractivity contribution is -0.191. The molecule has 19 heteroatoms. The number of halogens is 3. The number of nitrogens with one attached hydrogen (secondary N) is 3. The molecule has 1 aromatic rings. The second kappa shape index (κ2) is 16.3. The van der Waals surface area contributed by atoms with Gasteiger partial charge < -0.3 is 43.4 Å². The minimum atomic E-state index is -5.58. The van der Waals surface area contributed by atoms with Crippen molar-refractivity contribution in [2.45, 2.75) is 43.9 Å². The van der Waals surface area contributed by atoms with E-state index in [2.05, 4.69) is 25.4 Å². The van der Waals surface area contributed by atoms with Crippen molar-refractivity contribution in [3.8, 4) is 0 Å². The quantitative estimate of drug-likeness (QED) is 0.0362. The van der Waals surface area contributed by atoms with Crippen molar-refractivity contribution >= 4 is 47.4 Å². The molecular weight excluding hydrogens is 583 g/mol. The molecule has 0 aliphatic rings. The zero-order valence-corrected chi connectivity index (χ0v) is 22.8. The smallest absolute Gasteiger partial charge is 0.481 e. The minimum absolute atomic E-state index is 0.0205. The molecule has 0 saturated carbocycles. The van der Waals surface area contributed by atoms with Crippen LogP contribution in [0.5, 0.6) is 0 Å². The van der Waals surface area contributed by atoms with Crippen LogP contribution in [-0.2, 0) is 35.1 Å². The van der Waals surface area contributed by atoms with E-state index in [1.807, 2.05) is 0 Å². The summed E-state index contributed by atoms with van der Waals surface area (Å²) in [6, 6.07) is 2.10. The van der Waals surface area contributed by atoms with Crippen LogP contribution in [0.15, 0.2) is 34.3 Å². The minimum Gasteiger partial charge on any atom is -0.481 e. The van der Waals surface area contributed by atoms with Gasteiger partial charge in [0.2, 0.25) is 23.6 Å². The van der Waals surface area contributed by atoms with Gasteiger partial charge in [-0.2, -0.15) is 13.2 Å². The number of nitrogens with zero attached hydrogens (tertiary/aromatic N) is 2. The summed E-state index contributed by atoms with van der Waals surface area (Å²) in [5, 5.41) is 21.2. The van der Waals surface area contributed by atoms with E-state index in [9.17, 15) is 42.3 Å². The van der Waals surface area contributed by atoms with Crippen LogP contribution in [0.2, 0.25) is 0 Å². The van der Waals surface area contributed by atoms with Crippen LogP contribution >= 0.6 is 0 Å². The SMILES string of the molecule is CNC(=O)C(Cc1ccc(C(=N)N)cc1)C(=O)N[C@@H](CC(=O)O)C(=N[C@@H](CCCN=C(N)N)C(N)=O)OC(=O)C(F)(F)F. The number of hydrogen-bond acceptors (Lipinski definition) is 9. The number of alkyl halides is 3. The van der Waals surface area contributed by atoms with Gasteiger partial charge in [0, 0.05) is 19.2 Å². The highest BCUT2D eigenvalue weighted by molar-refractivity contribution is 6.04. The third-order valence-corrected chi connectivity index (χ3v) is 5.55. The first kappa shape index (κ1) is 35.8. The van der Waals surface area contributed by atoms with Crippen LogP contribution in [0, 0.1) is 11.3 Å². The number of guanidine groups is 1. The third-order valence-electron chi connectivity index (χ3n) is 5.55. The number of rotatable bonds is 15. The third kappa shape index (κ3) is 12.4. The molecule has 236 valence electrons. The maximum Gasteiger partial charge on any atom is 0.491 e. The van der Waals surface area contributed by atoms with Gasteiger partial charge in [-0.1, -0.05) is 24.3 Å². The molecule has 0 saturated heterocycles. The average Bonchev–Trinajstić information content (AvgIpc) is 2.90. The highest BCUT2D eigenvalue weighted by atomic mass is 19.4. The summed E-state index contributed by atoms with van der Waals surface area (Å²) in [4.78, 5) is 68.5. The van der Waals surface area contributed by atoms with Gasteiger partial charge in [0.15, 0.2) is 5.96 Å². The number of carboxylic acid groups (broad SMARTS) is 1. The van der Waals surface area contributed by atoms with Crippen LogP contribution < -0.4 is 33.6 Å². The molecule has 0 fully saturated rings. The fourth-order valence-corrected chi connectivity index (χ4v) is 3.44. The highest BCUT2D eigenvalue weighted by Gasteiger charge is 2.44. The number of carboxylic acids is 1. The predicted octanol–water partition coefficient (Wildman–Crippen LogP) is -1.75. The molecule has 0 aliphatic carbocycles. The van der Waals surface area contributed by atoms with E-state index < -0.39 is 66.2 Å². The Balaban J connectivity index is 3.49. The molecule has 0 radical (unpaired) electrons. The first-order valence-corrected chi connectivity index (χ1v) is 12.3. The van der Waals surface area contributed by atoms with Gasteiger partial charge in [0.05, 0.1) is 6.42 Å². The van der Waals surface area contributed by atoms with Crippen molar-refractivity contribution in [1.82, 2.24) is 10.6 Å². The first-order valence-electron chi connectivity index (χ1n) is 12.3. The zero-order valence-electron chi connectivity index (χ0n) is 22.8. The summed E-state index contributed by atoms with van der Waals surface area (Å²) in [6.45, 7) is -0.0458. The molecular formula is C24H32F3N9O7. The first-order chi connectivity index (χ1) is 20.0. The normalized spacial score (nSPS) is 13.5. The van der Waals surface area contributed by atoms with Crippen LogP contribution in [0.3, 0.4) is 0 Å². The van der Waals surface area contributed by atoms with E-state index in [0.717, 1.165) is 0 Å². The molecule has 3 atom stereocenters. The Hall–Kier alpha value is -5.23. The van der Waals surface area contributed by atoms with Crippen molar-refractivity contribution in [2.75, 3.05) is 13.6 Å². The van der Waals surface area contributed by atoms with E-state index in [0.29, 0.717) is 11.1 Å². The zero-order chi connectivity index (χ0) is 32.9. The second-order valence-corrected chi connectivity index (χ2v) is 8.86. The highest BCUT2D eigenvalue weighted by Crippen LogP contribution is 2.19. The lowest BCUT2D eigenvalue weighted by atomic mass is 9.96. The van der Waals surface area contributed by atoms with E-state index in [4.69, 9.17) is 28.3 Å². The average molecular weight is 616 g/mol. The van der Waals surface area contributed by atoms with Gasteiger partial charge in [-0.3, -0.25) is 29.6 Å². The topological polar surface area (TPSA) is 292 Å². The number of amidine groups is 1. The Bertz CT molecular complexity index is 1260. The summed E-state index contributed by atoms with van der Waals surface area (Å²) in [5.74, 6) is -11.1. The van der Waals surface area contributed by atoms with E-state index in [1.54, 1.807) is 0 Å². The molecule has 12 N–H and O–H groups in total. The fraction of sp³-hybridized carbons (Fsp3) is 0.417. The van der Waals surface area contributed by atoms with Crippen LogP contribution in [-0.4, -0.2) is 84.3 Å². The summed E-state index contributed by atoms with van der Waals surface area (Å²) in [6.07, 6.45) is -7.29. The maximum atomic E-state index is 13.2. The molecule has 0 bridgehead atoms. The number of aliphatic carboxylic acids is 1. The van der Waals surface area contributed by atoms with Crippen molar-refractivity contribution in [3.63, 3.8) is 0 Å². The molecule has 1 unspecified atom stereocenters. The van der Waals surface area contributed by atoms with Gasteiger partial charge in [-0.15, -0.1) is 0 Å². The Kier molecular flexibility index (Phi) is 13.5. The molecule has 0 heterocycles. The summed E-state index contributed by atoms with van der Waals surface area (Å²) in [5.41, 5.74) is 21.9. The van der Waals surface area contributed by atoms with Gasteiger partial charge in [0.1, 0.15) is 23.8 Å². The van der Waals surface area contributed by atoms with Crippen LogP contribution in [0.25, 0.3) is 0 Å². The number of benzene rings is 1. The van der Waals surface area contributed by atoms with Crippen LogP contribution in [0.1, 0.15) is 30.4 Å². The van der Waals surface area contributed by atoms with E-state index in [1.165, 1.54) is 31.3 Å². The number of nitrogen functional groups attached to an aromatic ring is 1. The molecule has 0 spiro atoms. The van der Waals surface area contributed by atoms with Crippen molar-refractivity contribution < 1.29 is 47.0 Å². The Labute approximate surface area is 242 Å².